The molecule has 1 heterocycles. The normalized spacial score (nSPS) is 26.9. The number of hydrogen-bond acceptors (Lipinski definition) is 3. The zero-order chi connectivity index (χ0) is 16.2. The first-order valence-corrected chi connectivity index (χ1v) is 8.99. The lowest BCUT2D eigenvalue weighted by Gasteiger charge is -2.43. The molecule has 1 aliphatic carbocycles. The van der Waals surface area contributed by atoms with Gasteiger partial charge in [-0.2, -0.15) is 0 Å². The van der Waals surface area contributed by atoms with Gasteiger partial charge in [-0.05, 0) is 44.3 Å². The SMILES string of the molecule is CN(C(=O)[C@@H](N)c1ccccc1)[C@H]1CCCC[C@@H]1N1CCCC1. The smallest absolute Gasteiger partial charge is 0.244 e. The van der Waals surface area contributed by atoms with Crippen molar-refractivity contribution in [2.45, 2.75) is 56.7 Å². The average Bonchev–Trinajstić information content (AvgIpc) is 3.15. The third kappa shape index (κ3) is 3.59. The molecule has 23 heavy (non-hydrogen) atoms. The van der Waals surface area contributed by atoms with Crippen LogP contribution in [0.15, 0.2) is 30.3 Å². The minimum atomic E-state index is -0.553. The van der Waals surface area contributed by atoms with E-state index in [4.69, 9.17) is 5.73 Å². The molecule has 0 bridgehead atoms. The molecule has 0 spiro atoms. The molecule has 2 fully saturated rings. The minimum Gasteiger partial charge on any atom is -0.340 e. The van der Waals surface area contributed by atoms with Gasteiger partial charge in [-0.1, -0.05) is 43.2 Å². The summed E-state index contributed by atoms with van der Waals surface area (Å²) in [6.45, 7) is 2.38. The standard InChI is InChI=1S/C19H29N3O/c1-21(19(23)18(20)15-9-3-2-4-10-15)16-11-5-6-12-17(16)22-13-7-8-14-22/h2-4,9-10,16-18H,5-8,11-14,20H2,1H3/t16-,17-,18-/m0/s1. The summed E-state index contributed by atoms with van der Waals surface area (Å²) in [5.41, 5.74) is 7.14. The van der Waals surface area contributed by atoms with E-state index in [1.54, 1.807) is 0 Å². The molecule has 126 valence electrons. The van der Waals surface area contributed by atoms with Crippen LogP contribution in [0.4, 0.5) is 0 Å². The number of likely N-dealkylation sites (tertiary alicyclic amines) is 1. The molecule has 1 aromatic rings. The van der Waals surface area contributed by atoms with Gasteiger partial charge in [0.05, 0.1) is 0 Å². The summed E-state index contributed by atoms with van der Waals surface area (Å²) in [4.78, 5) is 17.4. The van der Waals surface area contributed by atoms with Crippen LogP contribution in [0.25, 0.3) is 0 Å². The van der Waals surface area contributed by atoms with E-state index in [0.717, 1.165) is 12.0 Å². The average molecular weight is 315 g/mol. The molecular formula is C19H29N3O. The number of likely N-dealkylation sites (N-methyl/N-ethyl adjacent to an activating group) is 1. The van der Waals surface area contributed by atoms with E-state index in [0.29, 0.717) is 12.1 Å². The van der Waals surface area contributed by atoms with Gasteiger partial charge in [0.2, 0.25) is 5.91 Å². The Bertz CT molecular complexity index is 513. The Kier molecular flexibility index (Phi) is 5.34. The molecule has 2 aliphatic rings. The number of carbonyl (C=O) groups excluding carboxylic acids is 1. The van der Waals surface area contributed by atoms with Gasteiger partial charge >= 0.3 is 0 Å². The van der Waals surface area contributed by atoms with Gasteiger partial charge < -0.3 is 10.6 Å². The van der Waals surface area contributed by atoms with E-state index in [1.807, 2.05) is 42.3 Å². The Morgan fingerprint density at radius 2 is 1.78 bits per heavy atom. The first-order chi connectivity index (χ1) is 11.2. The van der Waals surface area contributed by atoms with Crippen LogP contribution in [0.5, 0.6) is 0 Å². The van der Waals surface area contributed by atoms with Crippen LogP contribution < -0.4 is 5.73 Å². The zero-order valence-corrected chi connectivity index (χ0v) is 14.2. The number of nitrogens with two attached hydrogens (primary N) is 1. The Labute approximate surface area is 139 Å². The molecule has 0 radical (unpaired) electrons. The fourth-order valence-corrected chi connectivity index (χ4v) is 4.23. The van der Waals surface area contributed by atoms with Gasteiger partial charge in [-0.15, -0.1) is 0 Å². The number of rotatable bonds is 4. The van der Waals surface area contributed by atoms with Crippen LogP contribution >= 0.6 is 0 Å². The molecule has 4 nitrogen and oxygen atoms in total. The van der Waals surface area contributed by atoms with Crippen molar-refractivity contribution in [2.75, 3.05) is 20.1 Å². The second-order valence-electron chi connectivity index (χ2n) is 7.00. The fraction of sp³-hybridized carbons (Fsp3) is 0.632. The first kappa shape index (κ1) is 16.5. The molecule has 1 aromatic carbocycles. The quantitative estimate of drug-likeness (QED) is 0.929. The van der Waals surface area contributed by atoms with Crippen molar-refractivity contribution in [3.8, 4) is 0 Å². The summed E-state index contributed by atoms with van der Waals surface area (Å²) in [5, 5.41) is 0. The van der Waals surface area contributed by atoms with Crippen LogP contribution in [-0.4, -0.2) is 47.9 Å². The molecule has 1 amide bonds. The Balaban J connectivity index is 1.71. The lowest BCUT2D eigenvalue weighted by atomic mass is 9.88. The van der Waals surface area contributed by atoms with Crippen LogP contribution in [0.1, 0.15) is 50.1 Å². The molecule has 0 aromatic heterocycles. The highest BCUT2D eigenvalue weighted by molar-refractivity contribution is 5.83. The molecule has 2 N–H and O–H groups in total. The van der Waals surface area contributed by atoms with Crippen molar-refractivity contribution >= 4 is 5.91 Å². The summed E-state index contributed by atoms with van der Waals surface area (Å²) in [5.74, 6) is 0.0484. The summed E-state index contributed by atoms with van der Waals surface area (Å²) in [6.07, 6.45) is 7.40. The van der Waals surface area contributed by atoms with Gasteiger partial charge in [0.25, 0.3) is 0 Å². The van der Waals surface area contributed by atoms with Gasteiger partial charge in [0, 0.05) is 19.1 Å². The minimum absolute atomic E-state index is 0.0484. The highest BCUT2D eigenvalue weighted by Gasteiger charge is 2.36. The fourth-order valence-electron chi connectivity index (χ4n) is 4.23. The van der Waals surface area contributed by atoms with E-state index < -0.39 is 6.04 Å². The van der Waals surface area contributed by atoms with Crippen molar-refractivity contribution < 1.29 is 4.79 Å². The molecular weight excluding hydrogens is 286 g/mol. The van der Waals surface area contributed by atoms with Crippen molar-refractivity contribution in [1.82, 2.24) is 9.80 Å². The number of amides is 1. The Hall–Kier alpha value is -1.39. The highest BCUT2D eigenvalue weighted by atomic mass is 16.2. The topological polar surface area (TPSA) is 49.6 Å². The van der Waals surface area contributed by atoms with Gasteiger partial charge in [0.1, 0.15) is 6.04 Å². The number of benzene rings is 1. The van der Waals surface area contributed by atoms with Crippen molar-refractivity contribution in [1.29, 1.82) is 0 Å². The Morgan fingerprint density at radius 1 is 1.13 bits per heavy atom. The second kappa shape index (κ2) is 7.45. The van der Waals surface area contributed by atoms with Gasteiger partial charge in [0.15, 0.2) is 0 Å². The lowest BCUT2D eigenvalue weighted by molar-refractivity contribution is -0.135. The summed E-state index contributed by atoms with van der Waals surface area (Å²) >= 11 is 0. The molecule has 4 heteroatoms. The summed E-state index contributed by atoms with van der Waals surface area (Å²) in [6, 6.07) is 9.99. The monoisotopic (exact) mass is 315 g/mol. The third-order valence-corrected chi connectivity index (χ3v) is 5.57. The van der Waals surface area contributed by atoms with E-state index in [1.165, 1.54) is 45.2 Å². The summed E-state index contributed by atoms with van der Waals surface area (Å²) in [7, 11) is 1.95. The van der Waals surface area contributed by atoms with E-state index in [2.05, 4.69) is 4.90 Å². The second-order valence-corrected chi connectivity index (χ2v) is 7.00. The third-order valence-electron chi connectivity index (χ3n) is 5.57. The molecule has 3 rings (SSSR count). The van der Waals surface area contributed by atoms with E-state index >= 15 is 0 Å². The van der Waals surface area contributed by atoms with Crippen LogP contribution in [0, 0.1) is 0 Å². The summed E-state index contributed by atoms with van der Waals surface area (Å²) < 4.78 is 0. The number of nitrogens with zero attached hydrogens (tertiary/aromatic N) is 2. The van der Waals surface area contributed by atoms with Crippen molar-refractivity contribution in [2.24, 2.45) is 5.73 Å². The maximum atomic E-state index is 12.9. The zero-order valence-electron chi connectivity index (χ0n) is 14.2. The van der Waals surface area contributed by atoms with Crippen LogP contribution in [0.3, 0.4) is 0 Å². The predicted molar refractivity (Wildman–Crippen MR) is 93.0 cm³/mol. The molecule has 1 saturated heterocycles. The van der Waals surface area contributed by atoms with Crippen molar-refractivity contribution in [3.63, 3.8) is 0 Å². The van der Waals surface area contributed by atoms with Gasteiger partial charge in [-0.3, -0.25) is 9.69 Å². The molecule has 3 atom stereocenters. The van der Waals surface area contributed by atoms with Crippen molar-refractivity contribution in [3.05, 3.63) is 35.9 Å². The van der Waals surface area contributed by atoms with Crippen LogP contribution in [-0.2, 0) is 4.79 Å². The maximum absolute atomic E-state index is 12.9. The predicted octanol–water partition coefficient (Wildman–Crippen LogP) is 2.55. The number of carbonyl (C=O) groups is 1. The molecule has 1 saturated carbocycles. The van der Waals surface area contributed by atoms with Gasteiger partial charge in [-0.25, -0.2) is 0 Å². The molecule has 0 unspecified atom stereocenters. The number of hydrogen-bond donors (Lipinski definition) is 1. The highest BCUT2D eigenvalue weighted by Crippen LogP contribution is 2.30. The Morgan fingerprint density at radius 3 is 2.48 bits per heavy atom. The van der Waals surface area contributed by atoms with E-state index in [-0.39, 0.29) is 5.91 Å². The lowest BCUT2D eigenvalue weighted by Crippen LogP contribution is -2.54. The largest absolute Gasteiger partial charge is 0.340 e. The first-order valence-electron chi connectivity index (χ1n) is 8.99. The maximum Gasteiger partial charge on any atom is 0.244 e. The molecule has 1 aliphatic heterocycles. The van der Waals surface area contributed by atoms with Crippen LogP contribution in [0.2, 0.25) is 0 Å². The van der Waals surface area contributed by atoms with E-state index in [9.17, 15) is 4.79 Å².